The van der Waals surface area contributed by atoms with Crippen LogP contribution in [0.3, 0.4) is 0 Å². The van der Waals surface area contributed by atoms with Crippen molar-refractivity contribution in [3.63, 3.8) is 0 Å². The van der Waals surface area contributed by atoms with Gasteiger partial charge in [0, 0.05) is 5.39 Å². The maximum absolute atomic E-state index is 9.81. The van der Waals surface area contributed by atoms with Gasteiger partial charge in [0.2, 0.25) is 0 Å². The van der Waals surface area contributed by atoms with Crippen molar-refractivity contribution < 1.29 is 5.11 Å². The van der Waals surface area contributed by atoms with Crippen LogP contribution in [0.1, 0.15) is 19.3 Å². The van der Waals surface area contributed by atoms with Gasteiger partial charge >= 0.3 is 0 Å². The van der Waals surface area contributed by atoms with Crippen LogP contribution < -0.4 is 11.1 Å². The van der Waals surface area contributed by atoms with E-state index >= 15 is 0 Å². The Morgan fingerprint density at radius 1 is 0.875 bits per heavy atom. The van der Waals surface area contributed by atoms with E-state index in [9.17, 15) is 5.11 Å². The molecule has 0 saturated carbocycles. The zero-order valence-electron chi connectivity index (χ0n) is 13.6. The van der Waals surface area contributed by atoms with Crippen molar-refractivity contribution in [2.45, 2.75) is 19.3 Å². The molecule has 5 nitrogen and oxygen atoms in total. The Morgan fingerprint density at radius 2 is 1.58 bits per heavy atom. The normalized spacial score (nSPS) is 14.0. The monoisotopic (exact) mass is 322 g/mol. The number of piperidine rings is 1. The standard InChI is InChI=1S/C14H11N3O.C5H11N/c15-13-9-5-1-3-7-11(9)16-14(17-13)10-6-2-4-8-12(10)18;1-2-4-6-5-3-1/h1-8,18H,(H2,15,16,17);6H,1-5H2. The lowest BCUT2D eigenvalue weighted by Gasteiger charge is -2.08. The minimum Gasteiger partial charge on any atom is -0.507 e. The van der Waals surface area contributed by atoms with Crippen LogP contribution in [0.15, 0.2) is 48.5 Å². The molecule has 1 saturated heterocycles. The van der Waals surface area contributed by atoms with Crippen molar-refractivity contribution in [3.8, 4) is 17.1 Å². The summed E-state index contributed by atoms with van der Waals surface area (Å²) in [6.45, 7) is 2.50. The summed E-state index contributed by atoms with van der Waals surface area (Å²) < 4.78 is 0. The van der Waals surface area contributed by atoms with E-state index in [-0.39, 0.29) is 5.75 Å². The first-order chi connectivity index (χ1) is 11.8. The minimum absolute atomic E-state index is 0.146. The highest BCUT2D eigenvalue weighted by Gasteiger charge is 2.09. The Balaban J connectivity index is 0.000000238. The van der Waals surface area contributed by atoms with E-state index in [1.807, 2.05) is 30.3 Å². The van der Waals surface area contributed by atoms with Crippen molar-refractivity contribution in [3.05, 3.63) is 48.5 Å². The number of nitrogens with one attached hydrogen (secondary N) is 1. The molecule has 1 aliphatic rings. The molecule has 0 aliphatic carbocycles. The third-order valence-corrected chi connectivity index (χ3v) is 3.98. The van der Waals surface area contributed by atoms with Gasteiger partial charge in [-0.15, -0.1) is 0 Å². The molecular weight excluding hydrogens is 300 g/mol. The topological polar surface area (TPSA) is 84.1 Å². The number of phenols is 1. The number of hydrogen-bond donors (Lipinski definition) is 3. The van der Waals surface area contributed by atoms with Crippen LogP contribution in [0, 0.1) is 0 Å². The molecule has 1 aromatic heterocycles. The van der Waals surface area contributed by atoms with Gasteiger partial charge in [-0.3, -0.25) is 0 Å². The SMILES string of the molecule is C1CCNCC1.Nc1nc(-c2ccccc2O)nc2ccccc12. The number of nitrogens with two attached hydrogens (primary N) is 1. The third kappa shape index (κ3) is 3.81. The number of nitrogen functional groups attached to an aromatic ring is 1. The highest BCUT2D eigenvalue weighted by Crippen LogP contribution is 2.28. The van der Waals surface area contributed by atoms with Crippen molar-refractivity contribution >= 4 is 16.7 Å². The Bertz CT molecular complexity index is 804. The predicted molar refractivity (Wildman–Crippen MR) is 97.8 cm³/mol. The second kappa shape index (κ2) is 7.75. The third-order valence-electron chi connectivity index (χ3n) is 3.98. The number of aromatic nitrogens is 2. The lowest BCUT2D eigenvalue weighted by molar-refractivity contribution is 0.477. The molecule has 24 heavy (non-hydrogen) atoms. The molecule has 5 heteroatoms. The summed E-state index contributed by atoms with van der Waals surface area (Å²) in [5.41, 5.74) is 7.26. The average molecular weight is 322 g/mol. The highest BCUT2D eigenvalue weighted by molar-refractivity contribution is 5.89. The van der Waals surface area contributed by atoms with Gasteiger partial charge in [-0.25, -0.2) is 9.97 Å². The Labute approximate surface area is 141 Å². The van der Waals surface area contributed by atoms with Crippen molar-refractivity contribution in [2.24, 2.45) is 0 Å². The summed E-state index contributed by atoms with van der Waals surface area (Å²) in [6.07, 6.45) is 4.22. The Morgan fingerprint density at radius 3 is 2.25 bits per heavy atom. The lowest BCUT2D eigenvalue weighted by atomic mass is 10.1. The average Bonchev–Trinajstić information content (AvgIpc) is 2.64. The van der Waals surface area contributed by atoms with E-state index in [2.05, 4.69) is 15.3 Å². The number of hydrogen-bond acceptors (Lipinski definition) is 5. The summed E-state index contributed by atoms with van der Waals surface area (Å²) in [4.78, 5) is 8.66. The van der Waals surface area contributed by atoms with Crippen LogP contribution in [0.5, 0.6) is 5.75 Å². The van der Waals surface area contributed by atoms with Gasteiger partial charge in [-0.1, -0.05) is 30.7 Å². The van der Waals surface area contributed by atoms with Crippen LogP contribution in [-0.2, 0) is 0 Å². The second-order valence-electron chi connectivity index (χ2n) is 5.78. The zero-order chi connectivity index (χ0) is 16.8. The molecule has 0 bridgehead atoms. The fourth-order valence-electron chi connectivity index (χ4n) is 2.69. The van der Waals surface area contributed by atoms with Crippen molar-refractivity contribution in [1.82, 2.24) is 15.3 Å². The second-order valence-corrected chi connectivity index (χ2v) is 5.78. The van der Waals surface area contributed by atoms with E-state index in [1.54, 1.807) is 18.2 Å². The molecule has 4 rings (SSSR count). The molecule has 4 N–H and O–H groups in total. The largest absolute Gasteiger partial charge is 0.507 e. The van der Waals surface area contributed by atoms with E-state index in [0.717, 1.165) is 10.9 Å². The molecule has 0 spiro atoms. The summed E-state index contributed by atoms with van der Waals surface area (Å²) in [6, 6.07) is 14.5. The first-order valence-corrected chi connectivity index (χ1v) is 8.27. The van der Waals surface area contributed by atoms with Gasteiger partial charge in [0.25, 0.3) is 0 Å². The molecule has 0 unspecified atom stereocenters. The number of para-hydroxylation sites is 2. The summed E-state index contributed by atoms with van der Waals surface area (Å²) in [5, 5.41) is 13.9. The lowest BCUT2D eigenvalue weighted by Crippen LogP contribution is -2.21. The predicted octanol–water partition coefficient (Wildman–Crippen LogP) is 3.34. The summed E-state index contributed by atoms with van der Waals surface area (Å²) in [5.74, 6) is 0.996. The number of rotatable bonds is 1. The van der Waals surface area contributed by atoms with Crippen LogP contribution >= 0.6 is 0 Å². The first-order valence-electron chi connectivity index (χ1n) is 8.27. The van der Waals surface area contributed by atoms with Crippen LogP contribution in [0.4, 0.5) is 5.82 Å². The molecule has 0 radical (unpaired) electrons. The molecular formula is C19H22N4O. The van der Waals surface area contributed by atoms with Gasteiger partial charge in [0.1, 0.15) is 11.6 Å². The minimum atomic E-state index is 0.146. The van der Waals surface area contributed by atoms with Crippen molar-refractivity contribution in [1.29, 1.82) is 0 Å². The highest BCUT2D eigenvalue weighted by atomic mass is 16.3. The molecule has 2 aromatic carbocycles. The maximum atomic E-state index is 9.81. The summed E-state index contributed by atoms with van der Waals surface area (Å²) >= 11 is 0. The van der Waals surface area contributed by atoms with Crippen molar-refractivity contribution in [2.75, 3.05) is 18.8 Å². The molecule has 1 fully saturated rings. The van der Waals surface area contributed by atoms with Crippen LogP contribution in [-0.4, -0.2) is 28.2 Å². The number of phenolic OH excluding ortho intramolecular Hbond substituents is 1. The van der Waals surface area contributed by atoms with Gasteiger partial charge in [0.15, 0.2) is 5.82 Å². The van der Waals surface area contributed by atoms with E-state index in [1.165, 1.54) is 32.4 Å². The quantitative estimate of drug-likeness (QED) is 0.640. The number of anilines is 1. The zero-order valence-corrected chi connectivity index (χ0v) is 13.6. The van der Waals surface area contributed by atoms with Gasteiger partial charge < -0.3 is 16.2 Å². The first kappa shape index (κ1) is 16.2. The van der Waals surface area contributed by atoms with E-state index in [4.69, 9.17) is 5.73 Å². The fraction of sp³-hybridized carbons (Fsp3) is 0.263. The van der Waals surface area contributed by atoms with Crippen LogP contribution in [0.2, 0.25) is 0 Å². The Hall–Kier alpha value is -2.66. The van der Waals surface area contributed by atoms with E-state index in [0.29, 0.717) is 17.2 Å². The fourth-order valence-corrected chi connectivity index (χ4v) is 2.69. The summed E-state index contributed by atoms with van der Waals surface area (Å²) in [7, 11) is 0. The van der Waals surface area contributed by atoms with Crippen LogP contribution in [0.25, 0.3) is 22.3 Å². The Kier molecular flexibility index (Phi) is 5.23. The molecule has 0 amide bonds. The molecule has 124 valence electrons. The van der Waals surface area contributed by atoms with Gasteiger partial charge in [-0.05, 0) is 50.2 Å². The molecule has 2 heterocycles. The molecule has 0 atom stereocenters. The molecule has 1 aliphatic heterocycles. The number of aromatic hydroxyl groups is 1. The maximum Gasteiger partial charge on any atom is 0.165 e. The number of benzene rings is 2. The number of fused-ring (bicyclic) bond motifs is 1. The van der Waals surface area contributed by atoms with Gasteiger partial charge in [0.05, 0.1) is 11.1 Å². The number of nitrogens with zero attached hydrogens (tertiary/aromatic N) is 2. The van der Waals surface area contributed by atoms with E-state index < -0.39 is 0 Å². The smallest absolute Gasteiger partial charge is 0.165 e. The van der Waals surface area contributed by atoms with Gasteiger partial charge in [-0.2, -0.15) is 0 Å². The molecule has 3 aromatic rings.